The van der Waals surface area contributed by atoms with Gasteiger partial charge in [-0.2, -0.15) is 0 Å². The number of rotatable bonds is 1. The average Bonchev–Trinajstić information content (AvgIpc) is 2.17. The lowest BCUT2D eigenvalue weighted by Gasteiger charge is -2.25. The van der Waals surface area contributed by atoms with E-state index in [1.165, 1.54) is 4.90 Å². The zero-order valence-corrected chi connectivity index (χ0v) is 7.80. The summed E-state index contributed by atoms with van der Waals surface area (Å²) in [5.41, 5.74) is 5.37. The highest BCUT2D eigenvalue weighted by Gasteiger charge is 2.23. The van der Waals surface area contributed by atoms with Gasteiger partial charge in [-0.3, -0.25) is 14.9 Å². The fourth-order valence-corrected chi connectivity index (χ4v) is 1.30. The number of nitrogen functional groups attached to an aromatic ring is 1. The summed E-state index contributed by atoms with van der Waals surface area (Å²) in [4.78, 5) is 23.7. The van der Waals surface area contributed by atoms with E-state index in [2.05, 4.69) is 15.5 Å². The van der Waals surface area contributed by atoms with E-state index in [0.29, 0.717) is 11.6 Å². The Labute approximate surface area is 85.3 Å². The van der Waals surface area contributed by atoms with Crippen molar-refractivity contribution in [2.75, 3.05) is 23.7 Å². The first-order chi connectivity index (χ1) is 7.15. The minimum atomic E-state index is -0.343. The minimum Gasteiger partial charge on any atom is -0.382 e. The number of carbonyl (C=O) groups is 2. The molecule has 1 aromatic heterocycles. The second kappa shape index (κ2) is 3.52. The molecule has 1 saturated heterocycles. The third-order valence-corrected chi connectivity index (χ3v) is 1.94. The number of nitrogens with zero attached hydrogens (tertiary/aromatic N) is 3. The number of nitrogens with one attached hydrogen (secondary N) is 1. The summed E-state index contributed by atoms with van der Waals surface area (Å²) in [5.74, 6) is 0.0775. The van der Waals surface area contributed by atoms with Gasteiger partial charge in [-0.15, -0.1) is 10.2 Å². The smallest absolute Gasteiger partial charge is 0.246 e. The number of hydrogen-bond donors (Lipinski definition) is 2. The van der Waals surface area contributed by atoms with Crippen molar-refractivity contribution in [1.82, 2.24) is 15.5 Å². The van der Waals surface area contributed by atoms with Crippen molar-refractivity contribution < 1.29 is 9.59 Å². The number of anilines is 2. The monoisotopic (exact) mass is 207 g/mol. The van der Waals surface area contributed by atoms with Crippen molar-refractivity contribution in [3.8, 4) is 0 Å². The van der Waals surface area contributed by atoms with Gasteiger partial charge in [0.1, 0.15) is 5.82 Å². The van der Waals surface area contributed by atoms with E-state index in [1.54, 1.807) is 12.1 Å². The van der Waals surface area contributed by atoms with Crippen LogP contribution in [-0.4, -0.2) is 35.1 Å². The van der Waals surface area contributed by atoms with Crippen LogP contribution in [0.1, 0.15) is 0 Å². The van der Waals surface area contributed by atoms with Crippen LogP contribution in [0.25, 0.3) is 0 Å². The van der Waals surface area contributed by atoms with Gasteiger partial charge in [-0.25, -0.2) is 0 Å². The molecule has 1 aromatic rings. The van der Waals surface area contributed by atoms with Gasteiger partial charge >= 0.3 is 0 Å². The predicted molar refractivity (Wildman–Crippen MR) is 51.8 cm³/mol. The Morgan fingerprint density at radius 3 is 2.40 bits per heavy atom. The lowest BCUT2D eigenvalue weighted by molar-refractivity contribution is -0.130. The fraction of sp³-hybridized carbons (Fsp3) is 0.250. The first-order valence-electron chi connectivity index (χ1n) is 4.32. The molecule has 0 bridgehead atoms. The van der Waals surface area contributed by atoms with E-state index in [9.17, 15) is 9.59 Å². The van der Waals surface area contributed by atoms with Gasteiger partial charge in [-0.1, -0.05) is 0 Å². The van der Waals surface area contributed by atoms with Gasteiger partial charge in [0.2, 0.25) is 11.8 Å². The van der Waals surface area contributed by atoms with Crippen LogP contribution in [0.15, 0.2) is 12.1 Å². The first kappa shape index (κ1) is 9.38. The van der Waals surface area contributed by atoms with E-state index in [-0.39, 0.29) is 24.9 Å². The number of carbonyl (C=O) groups excluding carboxylic acids is 2. The Morgan fingerprint density at radius 2 is 1.87 bits per heavy atom. The van der Waals surface area contributed by atoms with Crippen LogP contribution in [-0.2, 0) is 9.59 Å². The van der Waals surface area contributed by atoms with Gasteiger partial charge in [0.25, 0.3) is 0 Å². The molecule has 1 aliphatic rings. The molecule has 1 fully saturated rings. The van der Waals surface area contributed by atoms with E-state index in [4.69, 9.17) is 5.73 Å². The molecule has 7 nitrogen and oxygen atoms in total. The Balaban J connectivity index is 2.19. The molecule has 7 heteroatoms. The molecule has 78 valence electrons. The van der Waals surface area contributed by atoms with Gasteiger partial charge in [0.05, 0.1) is 13.1 Å². The van der Waals surface area contributed by atoms with Crippen LogP contribution in [0.4, 0.5) is 11.6 Å². The highest BCUT2D eigenvalue weighted by Crippen LogP contribution is 2.10. The molecule has 15 heavy (non-hydrogen) atoms. The Kier molecular flexibility index (Phi) is 2.20. The van der Waals surface area contributed by atoms with Crippen molar-refractivity contribution in [1.29, 1.82) is 0 Å². The summed E-state index contributed by atoms with van der Waals surface area (Å²) >= 11 is 0. The fourth-order valence-electron chi connectivity index (χ4n) is 1.30. The summed E-state index contributed by atoms with van der Waals surface area (Å²) in [6.45, 7) is 0.203. The Bertz CT molecular complexity index is 386. The Hall–Kier alpha value is -2.18. The summed E-state index contributed by atoms with van der Waals surface area (Å²) in [5, 5.41) is 9.64. The molecule has 0 aliphatic carbocycles. The van der Waals surface area contributed by atoms with E-state index < -0.39 is 0 Å². The first-order valence-corrected chi connectivity index (χ1v) is 4.32. The van der Waals surface area contributed by atoms with Gasteiger partial charge in [0.15, 0.2) is 5.82 Å². The minimum absolute atomic E-state index is 0.102. The SMILES string of the molecule is Nc1ccc(N2CC(=O)NC(=O)C2)nn1. The van der Waals surface area contributed by atoms with Crippen molar-refractivity contribution in [3.63, 3.8) is 0 Å². The third-order valence-electron chi connectivity index (χ3n) is 1.94. The van der Waals surface area contributed by atoms with Crippen LogP contribution in [0.3, 0.4) is 0 Å². The molecule has 2 rings (SSSR count). The maximum Gasteiger partial charge on any atom is 0.246 e. The van der Waals surface area contributed by atoms with E-state index in [1.807, 2.05) is 0 Å². The van der Waals surface area contributed by atoms with Gasteiger partial charge in [0, 0.05) is 0 Å². The lowest BCUT2D eigenvalue weighted by atomic mass is 10.3. The zero-order chi connectivity index (χ0) is 10.8. The summed E-state index contributed by atoms with van der Waals surface area (Å²) < 4.78 is 0. The third kappa shape index (κ3) is 2.01. The molecule has 0 spiro atoms. The molecule has 0 atom stereocenters. The number of nitrogens with two attached hydrogens (primary N) is 1. The molecule has 0 aromatic carbocycles. The van der Waals surface area contributed by atoms with Gasteiger partial charge in [-0.05, 0) is 12.1 Å². The van der Waals surface area contributed by atoms with Crippen molar-refractivity contribution >= 4 is 23.5 Å². The standard InChI is InChI=1S/C8H9N5O2/c9-5-1-2-6(12-11-5)13-3-7(14)10-8(15)4-13/h1-2H,3-4H2,(H2,9,11)(H,10,14,15). The van der Waals surface area contributed by atoms with Crippen LogP contribution in [0, 0.1) is 0 Å². The van der Waals surface area contributed by atoms with E-state index in [0.717, 1.165) is 0 Å². The van der Waals surface area contributed by atoms with Crippen LogP contribution in [0.5, 0.6) is 0 Å². The second-order valence-electron chi connectivity index (χ2n) is 3.14. The molecule has 0 unspecified atom stereocenters. The normalized spacial score (nSPS) is 16.4. The van der Waals surface area contributed by atoms with Gasteiger partial charge < -0.3 is 10.6 Å². The molecular weight excluding hydrogens is 198 g/mol. The topological polar surface area (TPSA) is 101 Å². The maximum atomic E-state index is 11.1. The van der Waals surface area contributed by atoms with Crippen molar-refractivity contribution in [2.45, 2.75) is 0 Å². The van der Waals surface area contributed by atoms with Crippen molar-refractivity contribution in [2.24, 2.45) is 0 Å². The highest BCUT2D eigenvalue weighted by molar-refractivity contribution is 6.02. The molecule has 3 N–H and O–H groups in total. The summed E-state index contributed by atoms with van der Waals surface area (Å²) in [6, 6.07) is 3.19. The van der Waals surface area contributed by atoms with Crippen molar-refractivity contribution in [3.05, 3.63) is 12.1 Å². The molecular formula is C8H9N5O2. The predicted octanol–water partition coefficient (Wildman–Crippen LogP) is -1.48. The lowest BCUT2D eigenvalue weighted by Crippen LogP contribution is -2.51. The summed E-state index contributed by atoms with van der Waals surface area (Å²) in [7, 11) is 0. The highest BCUT2D eigenvalue weighted by atomic mass is 16.2. The molecule has 0 saturated carbocycles. The molecule has 1 aliphatic heterocycles. The van der Waals surface area contributed by atoms with Crippen LogP contribution >= 0.6 is 0 Å². The zero-order valence-electron chi connectivity index (χ0n) is 7.80. The second-order valence-corrected chi connectivity index (χ2v) is 3.14. The van der Waals surface area contributed by atoms with E-state index >= 15 is 0 Å². The maximum absolute atomic E-state index is 11.1. The van der Waals surface area contributed by atoms with Crippen LogP contribution < -0.4 is 16.0 Å². The number of imide groups is 1. The largest absolute Gasteiger partial charge is 0.382 e. The van der Waals surface area contributed by atoms with Crippen LogP contribution in [0.2, 0.25) is 0 Å². The number of hydrogen-bond acceptors (Lipinski definition) is 6. The number of aromatic nitrogens is 2. The molecule has 2 heterocycles. The Morgan fingerprint density at radius 1 is 1.20 bits per heavy atom. The number of piperazine rings is 1. The average molecular weight is 207 g/mol. The molecule has 2 amide bonds. The summed E-state index contributed by atoms with van der Waals surface area (Å²) in [6.07, 6.45) is 0. The molecule has 0 radical (unpaired) electrons. The number of amides is 2. The quantitative estimate of drug-likeness (QED) is 0.545.